The summed E-state index contributed by atoms with van der Waals surface area (Å²) < 4.78 is 152. The number of methoxy groups -OCH3 is 1. The van der Waals surface area contributed by atoms with Gasteiger partial charge in [0.2, 0.25) is 17.5 Å². The molecule has 1 radical (unpaired) electrons. The third kappa shape index (κ3) is 16.6. The van der Waals surface area contributed by atoms with Crippen LogP contribution in [0.5, 0.6) is 5.75 Å². The molecule has 2 aliphatic carbocycles. The van der Waals surface area contributed by atoms with Gasteiger partial charge in [0.15, 0.2) is 0 Å². The average molecular weight is 1180 g/mol. The minimum atomic E-state index is -5.30. The smallest absolute Gasteiger partial charge is 0.744 e. The van der Waals surface area contributed by atoms with Crippen molar-refractivity contribution in [2.24, 2.45) is 20.4 Å². The number of hydrazine groups is 1. The van der Waals surface area contributed by atoms with E-state index in [2.05, 4.69) is 36.6 Å². The van der Waals surface area contributed by atoms with Gasteiger partial charge in [-0.2, -0.15) is 10.2 Å². The fraction of sp³-hybridized carbons (Fsp3) is 0.0465. The van der Waals surface area contributed by atoms with Crippen LogP contribution in [0.15, 0.2) is 143 Å². The SMILES string of the molecule is COc1ccc(N=Nc2ccc(/C=C/c3ccc(NNC4=CC(=O)/C(=N\N=C5\C=Cc6c(S(=O)(=O)[O-])ccc(NC(C)=O)c6C5=O)c5ccc(S(=O)(=O)[O-])cc54)cc3S(=O)(=O)[O-])c(S(=O)(=O)[O-])c2)cc1.[Cu].[Na+].[Na+].[Na+].[Na+]. The number of anilines is 2. The topological polar surface area (TPSA) is 375 Å². The second-order valence-electron chi connectivity index (χ2n) is 14.6. The number of hydrogen-bond acceptors (Lipinski definition) is 22. The van der Waals surface area contributed by atoms with Crippen molar-refractivity contribution in [2.75, 3.05) is 17.9 Å². The number of nitrogens with one attached hydrogen (secondary N) is 3. The molecule has 0 atom stereocenters. The van der Waals surface area contributed by atoms with Crippen LogP contribution in [-0.4, -0.2) is 87.9 Å². The number of Topliss-reactive ketones (excluding diaryl/α,β-unsaturated/α-hetero) is 1. The van der Waals surface area contributed by atoms with Crippen molar-refractivity contribution in [1.82, 2.24) is 5.43 Å². The Morgan fingerprint density at radius 3 is 1.76 bits per heavy atom. The van der Waals surface area contributed by atoms with Crippen LogP contribution in [0, 0.1) is 0 Å². The van der Waals surface area contributed by atoms with E-state index in [-0.39, 0.29) is 186 Å². The summed E-state index contributed by atoms with van der Waals surface area (Å²) in [5.74, 6) is -2.05. The fourth-order valence-electron chi connectivity index (χ4n) is 6.78. The van der Waals surface area contributed by atoms with E-state index in [0.717, 1.165) is 85.8 Å². The Kier molecular flexibility index (Phi) is 24.8. The molecule has 7 rings (SSSR count). The van der Waals surface area contributed by atoms with E-state index in [1.54, 1.807) is 24.3 Å². The molecular formula is C43H29CuN7Na4O16S4. The summed E-state index contributed by atoms with van der Waals surface area (Å²) >= 11 is 0. The van der Waals surface area contributed by atoms with Crippen molar-refractivity contribution in [3.63, 3.8) is 0 Å². The molecule has 5 aromatic carbocycles. The molecule has 3 N–H and O–H groups in total. The number of carbonyl (C=O) groups is 3. The summed E-state index contributed by atoms with van der Waals surface area (Å²) in [7, 11) is -19.2. The Hall–Kier alpha value is -3.37. The number of fused-ring (bicyclic) bond motifs is 2. The van der Waals surface area contributed by atoms with Crippen molar-refractivity contribution in [1.29, 1.82) is 0 Å². The van der Waals surface area contributed by atoms with Gasteiger partial charge in [-0.1, -0.05) is 36.4 Å². The number of benzene rings is 5. The summed E-state index contributed by atoms with van der Waals surface area (Å²) in [6.45, 7) is 1.11. The van der Waals surface area contributed by atoms with Crippen molar-refractivity contribution in [3.8, 4) is 5.75 Å². The third-order valence-electron chi connectivity index (χ3n) is 9.93. The molecule has 0 aromatic heterocycles. The largest absolute Gasteiger partial charge is 1.00 e. The zero-order chi connectivity index (χ0) is 50.9. The Labute approximate surface area is 528 Å². The van der Waals surface area contributed by atoms with Crippen LogP contribution >= 0.6 is 0 Å². The number of ketones is 2. The second-order valence-corrected chi connectivity index (χ2v) is 20.0. The first kappa shape index (κ1) is 67.7. The van der Waals surface area contributed by atoms with Crippen LogP contribution in [0.2, 0.25) is 0 Å². The zero-order valence-electron chi connectivity index (χ0n) is 39.8. The van der Waals surface area contributed by atoms with Gasteiger partial charge in [0.1, 0.15) is 57.6 Å². The molecule has 23 nitrogen and oxygen atoms in total. The van der Waals surface area contributed by atoms with Gasteiger partial charge in [0.05, 0.1) is 60.7 Å². The van der Waals surface area contributed by atoms with E-state index in [4.69, 9.17) is 4.74 Å². The third-order valence-corrected chi connectivity index (χ3v) is 13.4. The minimum Gasteiger partial charge on any atom is -0.744 e. The van der Waals surface area contributed by atoms with Crippen molar-refractivity contribution < 1.29 is 206 Å². The molecule has 0 aliphatic heterocycles. The van der Waals surface area contributed by atoms with Gasteiger partial charge in [-0.3, -0.25) is 14.4 Å². The molecule has 0 bridgehead atoms. The number of allylic oxidation sites excluding steroid dienone is 2. The van der Waals surface area contributed by atoms with Gasteiger partial charge >= 0.3 is 118 Å². The maximum Gasteiger partial charge on any atom is 1.00 e. The molecule has 32 heteroatoms. The molecule has 75 heavy (non-hydrogen) atoms. The first-order valence-corrected chi connectivity index (χ1v) is 25.1. The van der Waals surface area contributed by atoms with Crippen molar-refractivity contribution >= 4 is 116 Å². The number of carbonyl (C=O) groups excluding carboxylic acids is 3. The monoisotopic (exact) mass is 1180 g/mol. The van der Waals surface area contributed by atoms with Gasteiger partial charge in [-0.05, 0) is 90.0 Å². The van der Waals surface area contributed by atoms with Crippen LogP contribution in [-0.2, 0) is 67.1 Å². The number of amides is 1. The molecular weight excluding hydrogens is 1150 g/mol. The van der Waals surface area contributed by atoms with Crippen molar-refractivity contribution in [3.05, 3.63) is 137 Å². The molecule has 2 aliphatic rings. The summed E-state index contributed by atoms with van der Waals surface area (Å²) in [5.41, 5.74) is 2.37. The second kappa shape index (κ2) is 27.5. The summed E-state index contributed by atoms with van der Waals surface area (Å²) in [4.78, 5) is 36.0. The molecule has 0 saturated heterocycles. The van der Waals surface area contributed by atoms with Gasteiger partial charge in [-0.25, -0.2) is 33.7 Å². The Bertz CT molecular complexity index is 3770. The van der Waals surface area contributed by atoms with E-state index in [9.17, 15) is 66.3 Å². The van der Waals surface area contributed by atoms with Crippen LogP contribution in [0.4, 0.5) is 22.7 Å². The summed E-state index contributed by atoms with van der Waals surface area (Å²) in [5, 5.41) is 18.1. The van der Waals surface area contributed by atoms with E-state index >= 15 is 0 Å². The maximum atomic E-state index is 13.6. The molecule has 0 fully saturated rings. The predicted octanol–water partition coefficient (Wildman–Crippen LogP) is -7.54. The minimum absolute atomic E-state index is 0. The Morgan fingerprint density at radius 1 is 0.613 bits per heavy atom. The van der Waals surface area contributed by atoms with Crippen LogP contribution in [0.1, 0.15) is 45.1 Å². The number of ether oxygens (including phenoxy) is 1. The maximum absolute atomic E-state index is 13.6. The first-order chi connectivity index (χ1) is 32.8. The van der Waals surface area contributed by atoms with Crippen LogP contribution in [0.3, 0.4) is 0 Å². The van der Waals surface area contributed by atoms with Gasteiger partial charge in [-0.15, -0.1) is 10.2 Å². The molecule has 0 heterocycles. The average Bonchev–Trinajstić information content (AvgIpc) is 3.28. The number of rotatable bonds is 14. The van der Waals surface area contributed by atoms with Crippen LogP contribution < -0.4 is 139 Å². The van der Waals surface area contributed by atoms with Crippen molar-refractivity contribution in [2.45, 2.75) is 26.5 Å². The molecule has 0 spiro atoms. The van der Waals surface area contributed by atoms with Gasteiger partial charge < -0.3 is 39.1 Å². The normalized spacial score (nSPS) is 14.2. The molecule has 371 valence electrons. The van der Waals surface area contributed by atoms with E-state index in [0.29, 0.717) is 11.4 Å². The standard InChI is InChI=1S/C43H33N7O16S4.Cu.4Na/c1-23(51)44-34-17-18-38(68(57,58)59)32-15-16-35(43(53)41(32)34)48-50-42-31-14-13-30(67(54,55)56)21-33(31)36(22-37(42)52)49-47-28-8-6-25(40(20-28)70(63,64)65)4-3-24-5-7-27(19-39(24)69(60,61)62)46-45-26-9-11-29(66-2)12-10-26;;;;;/h3-22,47,49H,1-2H3,(H,44,51)(H,54,55,56)(H,57,58,59)(H,60,61,62)(H,63,64,65);;;;;/q;;4*+1/p-4/b4-3+,46-45?,48-35-,50-42-;;;;;. The van der Waals surface area contributed by atoms with Gasteiger partial charge in [0, 0.05) is 46.8 Å². The quantitative estimate of drug-likeness (QED) is 0.0306. The van der Waals surface area contributed by atoms with Gasteiger partial charge in [0.25, 0.3) is 0 Å². The summed E-state index contributed by atoms with van der Waals surface area (Å²) in [6, 6.07) is 17.8. The fourth-order valence-corrected chi connectivity index (χ4v) is 9.34. The molecule has 1 amide bonds. The Morgan fingerprint density at radius 2 is 1.19 bits per heavy atom. The first-order valence-electron chi connectivity index (χ1n) is 19.4. The molecule has 0 saturated carbocycles. The van der Waals surface area contributed by atoms with E-state index in [1.165, 1.54) is 25.3 Å². The van der Waals surface area contributed by atoms with E-state index in [1.807, 2.05) is 0 Å². The molecule has 5 aromatic rings. The zero-order valence-corrected chi connectivity index (χ0v) is 52.0. The number of nitrogens with zero attached hydrogens (tertiary/aromatic N) is 4. The predicted molar refractivity (Wildman–Crippen MR) is 245 cm³/mol. The van der Waals surface area contributed by atoms with Crippen LogP contribution in [0.25, 0.3) is 23.9 Å². The number of hydrogen-bond donors (Lipinski definition) is 3. The summed E-state index contributed by atoms with van der Waals surface area (Å²) in [6.07, 6.45) is 5.05. The molecule has 0 unspecified atom stereocenters. The van der Waals surface area contributed by atoms with E-state index < -0.39 is 94.5 Å². The number of azo groups is 1. The Balaban J connectivity index is 0.00000385.